The van der Waals surface area contributed by atoms with Crippen LogP contribution in [0.15, 0.2) is 81.3 Å². The number of thioether (sulfide) groups is 1. The molecule has 1 atom stereocenters. The summed E-state index contributed by atoms with van der Waals surface area (Å²) in [6, 6.07) is 17.2. The molecule has 0 bridgehead atoms. The number of methoxy groups -OCH3 is 1. The summed E-state index contributed by atoms with van der Waals surface area (Å²) in [6.07, 6.45) is 1.93. The minimum absolute atomic E-state index is 0.0456. The van der Waals surface area contributed by atoms with Gasteiger partial charge in [-0.15, -0.1) is 0 Å². The number of anilines is 1. The Kier molecular flexibility index (Phi) is 7.55. The number of rotatable bonds is 9. The number of furan rings is 1. The molecular weight excluding hydrogens is 506 g/mol. The van der Waals surface area contributed by atoms with Gasteiger partial charge in [0.1, 0.15) is 23.4 Å². The fourth-order valence-electron chi connectivity index (χ4n) is 4.04. The zero-order valence-electron chi connectivity index (χ0n) is 20.5. The van der Waals surface area contributed by atoms with Crippen molar-refractivity contribution in [1.82, 2.24) is 10.2 Å². The van der Waals surface area contributed by atoms with Crippen LogP contribution < -0.4 is 15.4 Å². The average Bonchev–Trinajstić information content (AvgIpc) is 3.58. The van der Waals surface area contributed by atoms with Gasteiger partial charge in [0.25, 0.3) is 5.91 Å². The van der Waals surface area contributed by atoms with Crippen LogP contribution in [0.2, 0.25) is 0 Å². The lowest BCUT2D eigenvalue weighted by molar-refractivity contribution is -0.125. The number of amidine groups is 2. The van der Waals surface area contributed by atoms with Crippen LogP contribution in [0.25, 0.3) is 0 Å². The van der Waals surface area contributed by atoms with Crippen molar-refractivity contribution in [2.75, 3.05) is 18.2 Å². The maximum absolute atomic E-state index is 13.4. The van der Waals surface area contributed by atoms with Gasteiger partial charge in [-0.25, -0.2) is 9.89 Å². The molecule has 0 spiro atoms. The van der Waals surface area contributed by atoms with Gasteiger partial charge in [-0.1, -0.05) is 23.9 Å². The Morgan fingerprint density at radius 3 is 2.66 bits per heavy atom. The van der Waals surface area contributed by atoms with Gasteiger partial charge in [0.2, 0.25) is 11.8 Å². The molecule has 11 heteroatoms. The summed E-state index contributed by atoms with van der Waals surface area (Å²) in [5, 5.41) is 5.99. The zero-order valence-corrected chi connectivity index (χ0v) is 21.4. The molecule has 0 unspecified atom stereocenters. The largest absolute Gasteiger partial charge is 0.497 e. The number of nitrogens with one attached hydrogen (secondary N) is 2. The molecule has 2 aliphatic rings. The van der Waals surface area contributed by atoms with Gasteiger partial charge >= 0.3 is 0 Å². The molecule has 194 valence electrons. The number of hydrogen-bond donors (Lipinski definition) is 2. The van der Waals surface area contributed by atoms with Crippen molar-refractivity contribution in [2.24, 2.45) is 9.98 Å². The lowest BCUT2D eigenvalue weighted by atomic mass is 10.1. The molecule has 0 saturated heterocycles. The number of nitrogens with zero attached hydrogens (tertiary/aromatic N) is 3. The van der Waals surface area contributed by atoms with E-state index in [4.69, 9.17) is 9.15 Å². The first-order valence-corrected chi connectivity index (χ1v) is 13.0. The highest BCUT2D eigenvalue weighted by molar-refractivity contribution is 8.14. The van der Waals surface area contributed by atoms with Crippen molar-refractivity contribution in [2.45, 2.75) is 25.4 Å². The van der Waals surface area contributed by atoms with Crippen LogP contribution in [0, 0.1) is 0 Å². The minimum Gasteiger partial charge on any atom is -0.497 e. The summed E-state index contributed by atoms with van der Waals surface area (Å²) in [7, 11) is 1.58. The van der Waals surface area contributed by atoms with Crippen LogP contribution in [0.3, 0.4) is 0 Å². The van der Waals surface area contributed by atoms with Crippen LogP contribution in [-0.2, 0) is 20.9 Å². The van der Waals surface area contributed by atoms with Crippen LogP contribution in [0.4, 0.5) is 11.4 Å². The molecule has 3 heterocycles. The summed E-state index contributed by atoms with van der Waals surface area (Å²) in [4.78, 5) is 49.1. The fourth-order valence-corrected chi connectivity index (χ4v) is 4.84. The van der Waals surface area contributed by atoms with Gasteiger partial charge in [0.15, 0.2) is 5.17 Å². The number of benzene rings is 2. The first-order chi connectivity index (χ1) is 18.5. The molecule has 3 amide bonds. The number of carbonyl (C=O) groups is 3. The average molecular weight is 532 g/mol. The van der Waals surface area contributed by atoms with Gasteiger partial charge in [-0.3, -0.25) is 19.4 Å². The number of ether oxygens (including phenoxy) is 1. The summed E-state index contributed by atoms with van der Waals surface area (Å²) >= 11 is 1.16. The second-order valence-electron chi connectivity index (χ2n) is 8.51. The molecule has 0 radical (unpaired) electrons. The summed E-state index contributed by atoms with van der Waals surface area (Å²) in [5.74, 6) is 1.17. The molecule has 5 rings (SSSR count). The van der Waals surface area contributed by atoms with Gasteiger partial charge in [0.05, 0.1) is 31.4 Å². The van der Waals surface area contributed by atoms with E-state index in [0.29, 0.717) is 33.9 Å². The molecule has 0 aliphatic carbocycles. The van der Waals surface area contributed by atoms with Crippen LogP contribution in [0.1, 0.15) is 24.2 Å². The lowest BCUT2D eigenvalue weighted by Crippen LogP contribution is -2.41. The Morgan fingerprint density at radius 2 is 1.89 bits per heavy atom. The molecule has 3 aromatic rings. The number of hydrogen-bond acceptors (Lipinski definition) is 8. The highest BCUT2D eigenvalue weighted by Crippen LogP contribution is 2.34. The monoisotopic (exact) mass is 531 g/mol. The van der Waals surface area contributed by atoms with E-state index in [0.717, 1.165) is 17.3 Å². The van der Waals surface area contributed by atoms with Crippen molar-refractivity contribution in [3.05, 3.63) is 78.3 Å². The van der Waals surface area contributed by atoms with E-state index >= 15 is 0 Å². The number of carbonyl (C=O) groups excluding carboxylic acids is 3. The smallest absolute Gasteiger partial charge is 0.259 e. The van der Waals surface area contributed by atoms with E-state index in [-0.39, 0.29) is 42.9 Å². The molecule has 38 heavy (non-hydrogen) atoms. The number of aliphatic imine (C=N–C) groups is 2. The van der Waals surface area contributed by atoms with E-state index in [2.05, 4.69) is 20.6 Å². The SMILES string of the molecule is COc1ccc(NC(=O)CSC2=Nc3ccccc3C3=N[C@H](CCC(=O)NCc4ccco4)C(=O)N23)cc1. The Hall–Kier alpha value is -4.38. The normalized spacial score (nSPS) is 15.8. The molecule has 2 aromatic carbocycles. The van der Waals surface area contributed by atoms with E-state index in [1.54, 1.807) is 49.8 Å². The van der Waals surface area contributed by atoms with E-state index in [1.807, 2.05) is 24.3 Å². The molecule has 10 nitrogen and oxygen atoms in total. The van der Waals surface area contributed by atoms with Crippen molar-refractivity contribution in [3.63, 3.8) is 0 Å². The van der Waals surface area contributed by atoms with Gasteiger partial charge in [-0.05, 0) is 55.0 Å². The van der Waals surface area contributed by atoms with E-state index < -0.39 is 6.04 Å². The second-order valence-corrected chi connectivity index (χ2v) is 9.46. The third-order valence-corrected chi connectivity index (χ3v) is 6.88. The number of amides is 3. The van der Waals surface area contributed by atoms with Gasteiger partial charge in [-0.2, -0.15) is 0 Å². The van der Waals surface area contributed by atoms with E-state index in [9.17, 15) is 14.4 Å². The first-order valence-electron chi connectivity index (χ1n) is 12.0. The lowest BCUT2D eigenvalue weighted by Gasteiger charge is -2.25. The molecule has 0 saturated carbocycles. The topological polar surface area (TPSA) is 126 Å². The van der Waals surface area contributed by atoms with Crippen molar-refractivity contribution in [1.29, 1.82) is 0 Å². The second kappa shape index (κ2) is 11.3. The summed E-state index contributed by atoms with van der Waals surface area (Å²) in [5.41, 5.74) is 2.04. The minimum atomic E-state index is -0.718. The highest BCUT2D eigenvalue weighted by atomic mass is 32.2. The first kappa shape index (κ1) is 25.3. The van der Waals surface area contributed by atoms with E-state index in [1.165, 1.54) is 4.90 Å². The zero-order chi connectivity index (χ0) is 26.5. The quantitative estimate of drug-likeness (QED) is 0.434. The number of fused-ring (bicyclic) bond motifs is 3. The maximum atomic E-state index is 13.4. The van der Waals surface area contributed by atoms with Crippen molar-refractivity contribution >= 4 is 51.9 Å². The van der Waals surface area contributed by atoms with Gasteiger partial charge in [0, 0.05) is 17.7 Å². The predicted octanol–water partition coefficient (Wildman–Crippen LogP) is 3.72. The summed E-state index contributed by atoms with van der Waals surface area (Å²) < 4.78 is 10.4. The summed E-state index contributed by atoms with van der Waals surface area (Å²) in [6.45, 7) is 0.282. The maximum Gasteiger partial charge on any atom is 0.259 e. The molecule has 0 fully saturated rings. The molecule has 2 aliphatic heterocycles. The van der Waals surface area contributed by atoms with Crippen molar-refractivity contribution < 1.29 is 23.5 Å². The predicted molar refractivity (Wildman–Crippen MR) is 145 cm³/mol. The van der Waals surface area contributed by atoms with Crippen molar-refractivity contribution in [3.8, 4) is 5.75 Å². The standard InChI is InChI=1S/C27H25N5O5S/c1-36-18-10-8-17(9-11-18)29-24(34)16-38-27-31-21-7-3-2-6-20(21)25-30-22(26(35)32(25)27)12-13-23(33)28-15-19-5-4-14-37-19/h2-11,14,22H,12-13,15-16H2,1H3,(H,28,33)(H,29,34)/t22-/m1/s1. The Morgan fingerprint density at radius 1 is 1.08 bits per heavy atom. The molecular formula is C27H25N5O5S. The Balaban J connectivity index is 1.24. The molecule has 2 N–H and O–H groups in total. The van der Waals surface area contributed by atoms with Crippen LogP contribution in [0.5, 0.6) is 5.75 Å². The van der Waals surface area contributed by atoms with Crippen LogP contribution in [-0.4, -0.2) is 52.5 Å². The third kappa shape index (κ3) is 5.62. The highest BCUT2D eigenvalue weighted by Gasteiger charge is 2.41. The Bertz CT molecular complexity index is 1400. The third-order valence-electron chi connectivity index (χ3n) is 5.94. The number of para-hydroxylation sites is 1. The van der Waals surface area contributed by atoms with Crippen LogP contribution >= 0.6 is 11.8 Å². The fraction of sp³-hybridized carbons (Fsp3) is 0.222. The molecule has 1 aromatic heterocycles. The van der Waals surface area contributed by atoms with Gasteiger partial charge < -0.3 is 19.8 Å². The Labute approximate surface area is 223 Å².